The Morgan fingerprint density at radius 3 is 2.70 bits per heavy atom. The number of hydrogen-bond acceptors (Lipinski definition) is 5. The lowest BCUT2D eigenvalue weighted by molar-refractivity contribution is 0.0958. The molecule has 5 nitrogen and oxygen atoms in total. The summed E-state index contributed by atoms with van der Waals surface area (Å²) in [5, 5.41) is 2.74. The molecule has 0 unspecified atom stereocenters. The van der Waals surface area contributed by atoms with Crippen molar-refractivity contribution in [3.05, 3.63) is 23.2 Å². The van der Waals surface area contributed by atoms with Gasteiger partial charge in [-0.05, 0) is 12.8 Å². The third kappa shape index (κ3) is 5.05. The van der Waals surface area contributed by atoms with E-state index in [0.717, 1.165) is 30.6 Å². The molecule has 0 radical (unpaired) electrons. The number of allylic oxidation sites excluding steroid dienone is 1. The second-order valence-corrected chi connectivity index (χ2v) is 7.68. The third-order valence-electron chi connectivity index (χ3n) is 2.57. The van der Waals surface area contributed by atoms with E-state index in [9.17, 15) is 13.2 Å². The van der Waals surface area contributed by atoms with E-state index in [0.29, 0.717) is 11.4 Å². The highest BCUT2D eigenvalue weighted by Gasteiger charge is 2.18. The largest absolute Gasteiger partial charge is 0.351 e. The molecular formula is C13H20N2O3S2. The Hall–Kier alpha value is -1.21. The first-order chi connectivity index (χ1) is 9.51. The molecule has 1 heterocycles. The molecule has 0 aliphatic heterocycles. The molecule has 1 rings (SSSR count). The molecule has 7 heteroatoms. The van der Waals surface area contributed by atoms with Gasteiger partial charge >= 0.3 is 0 Å². The molecule has 0 saturated carbocycles. The highest BCUT2D eigenvalue weighted by atomic mass is 32.2. The number of thiazole rings is 1. The van der Waals surface area contributed by atoms with Crippen LogP contribution >= 0.6 is 11.3 Å². The van der Waals surface area contributed by atoms with E-state index in [1.54, 1.807) is 6.92 Å². The van der Waals surface area contributed by atoms with E-state index in [4.69, 9.17) is 0 Å². The first-order valence-corrected chi connectivity index (χ1v) is 9.10. The second kappa shape index (κ2) is 8.16. The fourth-order valence-corrected chi connectivity index (χ4v) is 3.54. The summed E-state index contributed by atoms with van der Waals surface area (Å²) in [6.45, 7) is 4.20. The van der Waals surface area contributed by atoms with Gasteiger partial charge in [0.15, 0.2) is 0 Å². The van der Waals surface area contributed by atoms with Gasteiger partial charge in [-0.2, -0.15) is 0 Å². The number of hydrogen-bond donors (Lipinski definition) is 1. The molecule has 1 amide bonds. The zero-order valence-corrected chi connectivity index (χ0v) is 13.4. The zero-order valence-electron chi connectivity index (χ0n) is 11.8. The average Bonchev–Trinajstić information content (AvgIpc) is 2.93. The number of nitrogens with one attached hydrogen (secondary N) is 1. The molecule has 1 aromatic rings. The summed E-state index contributed by atoms with van der Waals surface area (Å²) in [7, 11) is -3.33. The first-order valence-electron chi connectivity index (χ1n) is 6.63. The van der Waals surface area contributed by atoms with Crippen LogP contribution in [0.15, 0.2) is 22.7 Å². The number of unbranched alkanes of at least 4 members (excludes halogenated alkanes) is 1. The van der Waals surface area contributed by atoms with Crippen LogP contribution in [-0.2, 0) is 9.84 Å². The smallest absolute Gasteiger partial charge is 0.263 e. The van der Waals surface area contributed by atoms with Crippen LogP contribution in [0.5, 0.6) is 0 Å². The molecule has 1 aromatic heterocycles. The first kappa shape index (κ1) is 16.8. The Morgan fingerprint density at radius 1 is 1.35 bits per heavy atom. The van der Waals surface area contributed by atoms with Crippen LogP contribution in [0, 0.1) is 0 Å². The lowest BCUT2D eigenvalue weighted by Crippen LogP contribution is -2.23. The summed E-state index contributed by atoms with van der Waals surface area (Å²) >= 11 is 0.915. The molecule has 0 saturated heterocycles. The second-order valence-electron chi connectivity index (χ2n) is 4.20. The Labute approximate surface area is 124 Å². The van der Waals surface area contributed by atoms with Crippen LogP contribution in [0.1, 0.15) is 42.8 Å². The van der Waals surface area contributed by atoms with Crippen LogP contribution in [0.25, 0.3) is 0 Å². The predicted octanol–water partition coefficient (Wildman–Crippen LogP) is 2.41. The predicted molar refractivity (Wildman–Crippen MR) is 80.8 cm³/mol. The van der Waals surface area contributed by atoms with Gasteiger partial charge in [0.2, 0.25) is 14.2 Å². The van der Waals surface area contributed by atoms with E-state index >= 15 is 0 Å². The van der Waals surface area contributed by atoms with Gasteiger partial charge in [-0.25, -0.2) is 13.4 Å². The molecule has 1 N–H and O–H groups in total. The topological polar surface area (TPSA) is 76.1 Å². The molecule has 0 aliphatic carbocycles. The minimum Gasteiger partial charge on any atom is -0.351 e. The van der Waals surface area contributed by atoms with E-state index in [-0.39, 0.29) is 16.0 Å². The van der Waals surface area contributed by atoms with Gasteiger partial charge in [-0.15, -0.1) is 0 Å². The molecule has 0 aromatic carbocycles. The molecule has 112 valence electrons. The van der Waals surface area contributed by atoms with Crippen molar-refractivity contribution in [1.82, 2.24) is 10.3 Å². The van der Waals surface area contributed by atoms with Crippen LogP contribution in [-0.4, -0.2) is 31.6 Å². The van der Waals surface area contributed by atoms with Crippen LogP contribution in [0.2, 0.25) is 0 Å². The molecule has 20 heavy (non-hydrogen) atoms. The fraction of sp³-hybridized carbons (Fsp3) is 0.538. The number of sulfone groups is 1. The fourth-order valence-electron chi connectivity index (χ4n) is 1.39. The van der Waals surface area contributed by atoms with Crippen molar-refractivity contribution in [3.8, 4) is 0 Å². The lowest BCUT2D eigenvalue weighted by Gasteiger charge is -1.99. The molecule has 0 fully saturated rings. The number of amides is 1. The Kier molecular flexibility index (Phi) is 6.87. The van der Waals surface area contributed by atoms with Crippen LogP contribution < -0.4 is 5.32 Å². The molecule has 0 atom stereocenters. The SMILES string of the molecule is CCC/C=C/CCNC(=O)c1cnc(S(=O)(=O)CC)s1. The quantitative estimate of drug-likeness (QED) is 0.590. The van der Waals surface area contributed by atoms with Crippen LogP contribution in [0.4, 0.5) is 0 Å². The van der Waals surface area contributed by atoms with Crippen molar-refractivity contribution >= 4 is 27.1 Å². The average molecular weight is 316 g/mol. The third-order valence-corrected chi connectivity index (χ3v) is 5.77. The van der Waals surface area contributed by atoms with Crippen molar-refractivity contribution in [2.45, 2.75) is 37.4 Å². The summed E-state index contributed by atoms with van der Waals surface area (Å²) in [5.41, 5.74) is 0. The van der Waals surface area contributed by atoms with Crippen molar-refractivity contribution in [3.63, 3.8) is 0 Å². The van der Waals surface area contributed by atoms with E-state index in [2.05, 4.69) is 23.3 Å². The minimum absolute atomic E-state index is 0.00740. The van der Waals surface area contributed by atoms with Gasteiger partial charge in [-0.1, -0.05) is 43.8 Å². The minimum atomic E-state index is -3.33. The Balaban J connectivity index is 2.49. The molecular weight excluding hydrogens is 296 g/mol. The van der Waals surface area contributed by atoms with Crippen molar-refractivity contribution in [2.24, 2.45) is 0 Å². The summed E-state index contributed by atoms with van der Waals surface area (Å²) < 4.78 is 23.2. The van der Waals surface area contributed by atoms with Gasteiger partial charge in [0.25, 0.3) is 5.91 Å². The molecule has 0 aliphatic rings. The maximum atomic E-state index is 11.8. The van der Waals surface area contributed by atoms with E-state index < -0.39 is 9.84 Å². The highest BCUT2D eigenvalue weighted by Crippen LogP contribution is 2.19. The lowest BCUT2D eigenvalue weighted by atomic mass is 10.3. The van der Waals surface area contributed by atoms with Crippen molar-refractivity contribution in [1.29, 1.82) is 0 Å². The number of carbonyl (C=O) groups excluding carboxylic acids is 1. The number of rotatable bonds is 8. The monoisotopic (exact) mass is 316 g/mol. The normalized spacial score (nSPS) is 11.9. The number of carbonyl (C=O) groups is 1. The summed E-state index contributed by atoms with van der Waals surface area (Å²) in [4.78, 5) is 15.9. The van der Waals surface area contributed by atoms with Gasteiger partial charge in [0, 0.05) is 6.54 Å². The van der Waals surface area contributed by atoms with Gasteiger partial charge in [0.1, 0.15) is 4.88 Å². The van der Waals surface area contributed by atoms with Crippen LogP contribution in [0.3, 0.4) is 0 Å². The summed E-state index contributed by atoms with van der Waals surface area (Å²) in [6.07, 6.45) is 8.35. The standard InChI is InChI=1S/C13H20N2O3S2/c1-3-5-6-7-8-9-14-12(16)11-10-15-13(19-11)20(17,18)4-2/h6-7,10H,3-5,8-9H2,1-2H3,(H,14,16)/b7-6+. The highest BCUT2D eigenvalue weighted by molar-refractivity contribution is 7.93. The van der Waals surface area contributed by atoms with Gasteiger partial charge in [0.05, 0.1) is 11.9 Å². The number of aromatic nitrogens is 1. The van der Waals surface area contributed by atoms with Gasteiger partial charge < -0.3 is 5.32 Å². The maximum Gasteiger partial charge on any atom is 0.263 e. The summed E-state index contributed by atoms with van der Waals surface area (Å²) in [5.74, 6) is -0.284. The Morgan fingerprint density at radius 2 is 2.05 bits per heavy atom. The molecule has 0 spiro atoms. The number of nitrogens with zero attached hydrogens (tertiary/aromatic N) is 1. The van der Waals surface area contributed by atoms with Crippen molar-refractivity contribution in [2.75, 3.05) is 12.3 Å². The Bertz CT molecular complexity index is 562. The van der Waals surface area contributed by atoms with E-state index in [1.165, 1.54) is 6.20 Å². The van der Waals surface area contributed by atoms with Crippen molar-refractivity contribution < 1.29 is 13.2 Å². The maximum absolute atomic E-state index is 11.8. The van der Waals surface area contributed by atoms with Gasteiger partial charge in [-0.3, -0.25) is 4.79 Å². The summed E-state index contributed by atoms with van der Waals surface area (Å²) in [6, 6.07) is 0. The molecule has 0 bridgehead atoms. The zero-order chi connectivity index (χ0) is 15.0. The van der Waals surface area contributed by atoms with E-state index in [1.807, 2.05) is 6.08 Å².